The topological polar surface area (TPSA) is 95.7 Å². The molecule has 2 saturated heterocycles. The number of aromatic nitrogens is 2. The third-order valence-electron chi connectivity index (χ3n) is 5.43. The van der Waals surface area contributed by atoms with Crippen LogP contribution in [-0.2, 0) is 9.59 Å². The summed E-state index contributed by atoms with van der Waals surface area (Å²) in [4.78, 5) is 39.7. The van der Waals surface area contributed by atoms with Gasteiger partial charge in [-0.1, -0.05) is 23.2 Å². The summed E-state index contributed by atoms with van der Waals surface area (Å²) in [6.45, 7) is 2.78. The summed E-state index contributed by atoms with van der Waals surface area (Å²) in [7, 11) is 2.01. The normalized spacial score (nSPS) is 23.8. The minimum absolute atomic E-state index is 0.0990. The number of nitrogens with zero attached hydrogens (tertiary/aromatic N) is 5. The SMILES string of the molecule is CN1CCN(C2(N)CC(=O)N(c3cncnc3-c3ccc(Cl)cc3Cl)C2=O)CC1. The molecular formula is C19H20Cl2N6O2. The monoisotopic (exact) mass is 434 g/mol. The van der Waals surface area contributed by atoms with Crippen LogP contribution in [0, 0.1) is 0 Å². The minimum Gasteiger partial charge on any atom is -0.305 e. The Morgan fingerprint density at radius 1 is 1.14 bits per heavy atom. The first kappa shape index (κ1) is 20.2. The Balaban J connectivity index is 1.73. The van der Waals surface area contributed by atoms with Gasteiger partial charge in [-0.05, 0) is 25.2 Å². The van der Waals surface area contributed by atoms with E-state index in [9.17, 15) is 9.59 Å². The molecule has 1 aromatic carbocycles. The van der Waals surface area contributed by atoms with E-state index in [2.05, 4.69) is 14.9 Å². The first-order valence-electron chi connectivity index (χ1n) is 9.16. The summed E-state index contributed by atoms with van der Waals surface area (Å²) >= 11 is 12.3. The van der Waals surface area contributed by atoms with Crippen LogP contribution < -0.4 is 10.6 Å². The van der Waals surface area contributed by atoms with Crippen LogP contribution in [-0.4, -0.2) is 70.5 Å². The molecule has 2 amide bonds. The molecule has 1 atom stereocenters. The molecular weight excluding hydrogens is 415 g/mol. The lowest BCUT2D eigenvalue weighted by Crippen LogP contribution is -2.65. The molecule has 0 saturated carbocycles. The third kappa shape index (κ3) is 3.51. The number of anilines is 1. The zero-order chi connectivity index (χ0) is 20.8. The van der Waals surface area contributed by atoms with Crippen LogP contribution in [0.4, 0.5) is 5.69 Å². The van der Waals surface area contributed by atoms with Gasteiger partial charge in [-0.2, -0.15) is 0 Å². The van der Waals surface area contributed by atoms with Crippen LogP contribution in [0.3, 0.4) is 0 Å². The van der Waals surface area contributed by atoms with Crippen molar-refractivity contribution in [3.63, 3.8) is 0 Å². The third-order valence-corrected chi connectivity index (χ3v) is 5.98. The quantitative estimate of drug-likeness (QED) is 0.732. The highest BCUT2D eigenvalue weighted by Crippen LogP contribution is 2.38. The van der Waals surface area contributed by atoms with Crippen LogP contribution in [0.15, 0.2) is 30.7 Å². The van der Waals surface area contributed by atoms with E-state index in [1.807, 2.05) is 11.9 Å². The Morgan fingerprint density at radius 3 is 2.55 bits per heavy atom. The van der Waals surface area contributed by atoms with Crippen LogP contribution in [0.1, 0.15) is 6.42 Å². The van der Waals surface area contributed by atoms with Gasteiger partial charge in [-0.25, -0.2) is 14.9 Å². The number of carbonyl (C=O) groups is 2. The summed E-state index contributed by atoms with van der Waals surface area (Å²) in [5, 5.41) is 0.827. The number of rotatable bonds is 3. The van der Waals surface area contributed by atoms with Gasteiger partial charge in [0.2, 0.25) is 5.91 Å². The van der Waals surface area contributed by atoms with Crippen molar-refractivity contribution >= 4 is 40.7 Å². The van der Waals surface area contributed by atoms with E-state index in [4.69, 9.17) is 28.9 Å². The molecule has 0 spiro atoms. The highest BCUT2D eigenvalue weighted by molar-refractivity contribution is 6.36. The molecule has 3 heterocycles. The van der Waals surface area contributed by atoms with E-state index in [1.54, 1.807) is 18.2 Å². The molecule has 29 heavy (non-hydrogen) atoms. The van der Waals surface area contributed by atoms with Gasteiger partial charge in [0.25, 0.3) is 5.91 Å². The first-order chi connectivity index (χ1) is 13.8. The molecule has 0 bridgehead atoms. The number of hydrogen-bond donors (Lipinski definition) is 1. The number of halogens is 2. The van der Waals surface area contributed by atoms with Gasteiger partial charge in [0.05, 0.1) is 29.0 Å². The lowest BCUT2D eigenvalue weighted by Gasteiger charge is -2.40. The fourth-order valence-electron chi connectivity index (χ4n) is 3.76. The van der Waals surface area contributed by atoms with Gasteiger partial charge in [-0.3, -0.25) is 14.5 Å². The van der Waals surface area contributed by atoms with Crippen molar-refractivity contribution < 1.29 is 9.59 Å². The van der Waals surface area contributed by atoms with Crippen LogP contribution in [0.5, 0.6) is 0 Å². The average Bonchev–Trinajstić information content (AvgIpc) is 2.92. The van der Waals surface area contributed by atoms with E-state index < -0.39 is 17.5 Å². The maximum absolute atomic E-state index is 13.4. The lowest BCUT2D eigenvalue weighted by atomic mass is 10.1. The van der Waals surface area contributed by atoms with E-state index in [0.29, 0.717) is 34.4 Å². The summed E-state index contributed by atoms with van der Waals surface area (Å²) < 4.78 is 0. The van der Waals surface area contributed by atoms with Crippen molar-refractivity contribution in [2.24, 2.45) is 5.73 Å². The highest BCUT2D eigenvalue weighted by atomic mass is 35.5. The molecule has 0 aliphatic carbocycles. The van der Waals surface area contributed by atoms with E-state index in [1.165, 1.54) is 12.5 Å². The number of hydrogen-bond acceptors (Lipinski definition) is 7. The van der Waals surface area contributed by atoms with E-state index in [0.717, 1.165) is 18.0 Å². The molecule has 1 unspecified atom stereocenters. The molecule has 2 aromatic rings. The van der Waals surface area contributed by atoms with Gasteiger partial charge in [0.15, 0.2) is 5.66 Å². The van der Waals surface area contributed by atoms with Crippen molar-refractivity contribution in [1.29, 1.82) is 0 Å². The van der Waals surface area contributed by atoms with Gasteiger partial charge < -0.3 is 10.6 Å². The Bertz CT molecular complexity index is 979. The number of benzene rings is 1. The van der Waals surface area contributed by atoms with Crippen LogP contribution in [0.25, 0.3) is 11.3 Å². The molecule has 2 fully saturated rings. The molecule has 2 aliphatic heterocycles. The van der Waals surface area contributed by atoms with Gasteiger partial charge in [0, 0.05) is 36.8 Å². The summed E-state index contributed by atoms with van der Waals surface area (Å²) in [6, 6.07) is 4.94. The van der Waals surface area contributed by atoms with Crippen molar-refractivity contribution in [2.75, 3.05) is 38.1 Å². The summed E-state index contributed by atoms with van der Waals surface area (Å²) in [5.74, 6) is -0.870. The van der Waals surface area contributed by atoms with Gasteiger partial charge in [0.1, 0.15) is 6.33 Å². The maximum atomic E-state index is 13.4. The number of carbonyl (C=O) groups excluding carboxylic acids is 2. The maximum Gasteiger partial charge on any atom is 0.269 e. The smallest absolute Gasteiger partial charge is 0.269 e. The Morgan fingerprint density at radius 2 is 1.86 bits per heavy atom. The predicted molar refractivity (Wildman–Crippen MR) is 111 cm³/mol. The zero-order valence-electron chi connectivity index (χ0n) is 15.8. The fraction of sp³-hybridized carbons (Fsp3) is 0.368. The molecule has 8 nitrogen and oxygen atoms in total. The molecule has 1 aromatic heterocycles. The molecule has 152 valence electrons. The Kier molecular flexibility index (Phi) is 5.30. The molecule has 10 heteroatoms. The largest absolute Gasteiger partial charge is 0.305 e. The van der Waals surface area contributed by atoms with Crippen molar-refractivity contribution in [3.05, 3.63) is 40.8 Å². The van der Waals surface area contributed by atoms with Crippen molar-refractivity contribution in [2.45, 2.75) is 12.1 Å². The van der Waals surface area contributed by atoms with Gasteiger partial charge in [-0.15, -0.1) is 0 Å². The second-order valence-corrected chi connectivity index (χ2v) is 8.15. The minimum atomic E-state index is -1.38. The summed E-state index contributed by atoms with van der Waals surface area (Å²) in [5.41, 5.74) is 6.28. The number of piperazine rings is 1. The van der Waals surface area contributed by atoms with Crippen molar-refractivity contribution in [3.8, 4) is 11.3 Å². The number of nitrogens with two attached hydrogens (primary N) is 1. The van der Waals surface area contributed by atoms with Crippen LogP contribution >= 0.6 is 23.2 Å². The Labute approximate surface area is 178 Å². The first-order valence-corrected chi connectivity index (χ1v) is 9.92. The second-order valence-electron chi connectivity index (χ2n) is 7.31. The molecule has 4 rings (SSSR count). The second kappa shape index (κ2) is 7.62. The fourth-order valence-corrected chi connectivity index (χ4v) is 4.26. The average molecular weight is 435 g/mol. The molecule has 2 aliphatic rings. The Hall–Kier alpha value is -2.10. The van der Waals surface area contributed by atoms with E-state index >= 15 is 0 Å². The molecule has 2 N–H and O–H groups in total. The van der Waals surface area contributed by atoms with Crippen LogP contribution in [0.2, 0.25) is 10.0 Å². The van der Waals surface area contributed by atoms with Crippen molar-refractivity contribution in [1.82, 2.24) is 19.8 Å². The standard InChI is InChI=1S/C19H20Cl2N6O2/c1-25-4-6-26(7-5-25)19(22)9-16(28)27(18(19)29)15-10-23-11-24-17(15)13-3-2-12(20)8-14(13)21/h2-3,8,10-11H,4-7,9,22H2,1H3. The summed E-state index contributed by atoms with van der Waals surface area (Å²) in [6.07, 6.45) is 2.67. The van der Waals surface area contributed by atoms with E-state index in [-0.39, 0.29) is 12.1 Å². The molecule has 0 radical (unpaired) electrons. The highest BCUT2D eigenvalue weighted by Gasteiger charge is 2.54. The van der Waals surface area contributed by atoms with Gasteiger partial charge >= 0.3 is 0 Å². The predicted octanol–water partition coefficient (Wildman–Crippen LogP) is 1.62. The number of likely N-dealkylation sites (N-methyl/N-ethyl adjacent to an activating group) is 1. The number of imide groups is 1. The lowest BCUT2D eigenvalue weighted by molar-refractivity contribution is -0.128. The number of amides is 2. The zero-order valence-corrected chi connectivity index (χ0v) is 17.3.